The number of fused-ring (bicyclic) bond motifs is 3. The Morgan fingerprint density at radius 3 is 2.83 bits per heavy atom. The summed E-state index contributed by atoms with van der Waals surface area (Å²) in [5, 5.41) is 6.74. The van der Waals surface area contributed by atoms with Crippen LogP contribution >= 0.6 is 0 Å². The number of hydrogen-bond acceptors (Lipinski definition) is 5. The Kier molecular flexibility index (Phi) is 4.46. The van der Waals surface area contributed by atoms with E-state index in [-0.39, 0.29) is 29.7 Å². The lowest BCUT2D eigenvalue weighted by Gasteiger charge is -2.31. The molecule has 158 valence electrons. The first kappa shape index (κ1) is 19.3. The molecule has 0 saturated carbocycles. The predicted octanol–water partition coefficient (Wildman–Crippen LogP) is 1.53. The highest BCUT2D eigenvalue weighted by Gasteiger charge is 2.38. The molecule has 1 saturated heterocycles. The van der Waals surface area contributed by atoms with Gasteiger partial charge in [0.25, 0.3) is 5.91 Å². The van der Waals surface area contributed by atoms with Gasteiger partial charge in [-0.15, -0.1) is 0 Å². The maximum Gasteiger partial charge on any atom is 0.270 e. The minimum Gasteiger partial charge on any atom is -0.358 e. The number of carbonyl (C=O) groups is 2. The van der Waals surface area contributed by atoms with Crippen molar-refractivity contribution in [2.24, 2.45) is 5.10 Å². The van der Waals surface area contributed by atoms with E-state index in [0.717, 1.165) is 28.6 Å². The molecule has 0 spiro atoms. The number of aromatic nitrogens is 1. The first-order chi connectivity index (χ1) is 14.3. The van der Waals surface area contributed by atoms with Gasteiger partial charge in [0.1, 0.15) is 5.71 Å². The van der Waals surface area contributed by atoms with E-state index in [9.17, 15) is 18.0 Å². The molecular formula is C21H24N4O4S. The Balaban J connectivity index is 1.39. The van der Waals surface area contributed by atoms with E-state index in [1.807, 2.05) is 0 Å². The maximum atomic E-state index is 13.2. The molecule has 1 atom stereocenters. The minimum absolute atomic E-state index is 0.0646. The molecule has 1 N–H and O–H groups in total. The molecule has 0 bridgehead atoms. The lowest BCUT2D eigenvalue weighted by Crippen LogP contribution is -2.46. The first-order valence-corrected chi connectivity index (χ1v) is 12.1. The second-order valence-electron chi connectivity index (χ2n) is 8.45. The van der Waals surface area contributed by atoms with Gasteiger partial charge in [-0.3, -0.25) is 9.59 Å². The zero-order valence-electron chi connectivity index (χ0n) is 16.8. The molecule has 5 rings (SSSR count). The van der Waals surface area contributed by atoms with Crippen LogP contribution in [0.25, 0.3) is 10.9 Å². The maximum absolute atomic E-state index is 13.2. The lowest BCUT2D eigenvalue weighted by atomic mass is 10.0. The highest BCUT2D eigenvalue weighted by atomic mass is 32.2. The molecule has 0 aliphatic carbocycles. The number of nitrogens with zero attached hydrogens (tertiary/aromatic N) is 3. The van der Waals surface area contributed by atoms with E-state index in [2.05, 4.69) is 35.2 Å². The minimum atomic E-state index is -3.14. The van der Waals surface area contributed by atoms with Gasteiger partial charge in [-0.25, -0.2) is 13.4 Å². The summed E-state index contributed by atoms with van der Waals surface area (Å²) in [6.07, 6.45) is 1.60. The number of nitrogens with one attached hydrogen (secondary N) is 1. The second kappa shape index (κ2) is 6.94. The molecule has 2 aromatic rings. The van der Waals surface area contributed by atoms with Gasteiger partial charge in [0.2, 0.25) is 5.91 Å². The van der Waals surface area contributed by atoms with Gasteiger partial charge in [0.05, 0.1) is 17.5 Å². The number of hydrazone groups is 1. The Labute approximate surface area is 174 Å². The SMILES string of the molecule is Cc1ccc2[nH]c3c(c2c1)CN(C(=O)C1=NN([C@@H]2CCS(=O)(=O)C2)C(=O)CC1)CC3. The third kappa shape index (κ3) is 3.30. The van der Waals surface area contributed by atoms with Gasteiger partial charge in [-0.1, -0.05) is 11.6 Å². The molecule has 1 aromatic carbocycles. The van der Waals surface area contributed by atoms with Crippen LogP contribution in [0.2, 0.25) is 0 Å². The summed E-state index contributed by atoms with van der Waals surface area (Å²) in [6.45, 7) is 3.14. The van der Waals surface area contributed by atoms with Crippen molar-refractivity contribution in [2.75, 3.05) is 18.1 Å². The van der Waals surface area contributed by atoms with Crippen molar-refractivity contribution in [1.29, 1.82) is 0 Å². The zero-order valence-corrected chi connectivity index (χ0v) is 17.7. The van der Waals surface area contributed by atoms with Crippen molar-refractivity contribution in [3.63, 3.8) is 0 Å². The van der Waals surface area contributed by atoms with Crippen molar-refractivity contribution in [2.45, 2.75) is 45.2 Å². The summed E-state index contributed by atoms with van der Waals surface area (Å²) in [7, 11) is -3.14. The molecule has 1 fully saturated rings. The highest BCUT2D eigenvalue weighted by molar-refractivity contribution is 7.91. The topological polar surface area (TPSA) is 103 Å². The number of benzene rings is 1. The van der Waals surface area contributed by atoms with Crippen LogP contribution in [0.4, 0.5) is 0 Å². The Morgan fingerprint density at radius 1 is 1.23 bits per heavy atom. The smallest absolute Gasteiger partial charge is 0.270 e. The normalized spacial score (nSPS) is 23.6. The average Bonchev–Trinajstić information content (AvgIpc) is 3.26. The first-order valence-electron chi connectivity index (χ1n) is 10.3. The third-order valence-corrected chi connectivity index (χ3v) is 8.03. The van der Waals surface area contributed by atoms with Crippen molar-refractivity contribution in [3.8, 4) is 0 Å². The van der Waals surface area contributed by atoms with Gasteiger partial charge >= 0.3 is 0 Å². The summed E-state index contributed by atoms with van der Waals surface area (Å²) in [6, 6.07) is 5.81. The number of aryl methyl sites for hydroxylation is 1. The molecule has 1 aromatic heterocycles. The fraction of sp³-hybridized carbons (Fsp3) is 0.476. The summed E-state index contributed by atoms with van der Waals surface area (Å²) >= 11 is 0. The fourth-order valence-electron chi connectivity index (χ4n) is 4.66. The molecule has 3 aliphatic rings. The Bertz CT molecular complexity index is 1200. The zero-order chi connectivity index (χ0) is 21.0. The van der Waals surface area contributed by atoms with Gasteiger partial charge in [0, 0.05) is 54.5 Å². The van der Waals surface area contributed by atoms with E-state index >= 15 is 0 Å². The quantitative estimate of drug-likeness (QED) is 0.783. The van der Waals surface area contributed by atoms with Crippen molar-refractivity contribution < 1.29 is 18.0 Å². The molecule has 0 radical (unpaired) electrons. The van der Waals surface area contributed by atoms with Crippen LogP contribution in [-0.2, 0) is 32.4 Å². The van der Waals surface area contributed by atoms with E-state index in [1.165, 1.54) is 10.6 Å². The van der Waals surface area contributed by atoms with Crippen LogP contribution in [0.5, 0.6) is 0 Å². The van der Waals surface area contributed by atoms with Gasteiger partial charge in [-0.05, 0) is 25.5 Å². The molecular weight excluding hydrogens is 404 g/mol. The van der Waals surface area contributed by atoms with Gasteiger partial charge < -0.3 is 9.88 Å². The molecule has 8 nitrogen and oxygen atoms in total. The standard InChI is InChI=1S/C21H24N4O4S/c1-13-2-3-17-15(10-13)16-11-24(8-6-18(16)22-17)21(27)19-4-5-20(26)25(23-19)14-7-9-30(28,29)12-14/h2-3,10,14,22H,4-9,11-12H2,1H3/t14-/m1/s1. The van der Waals surface area contributed by atoms with E-state index in [1.54, 1.807) is 4.90 Å². The molecule has 2 amide bonds. The average molecular weight is 429 g/mol. The molecule has 3 aliphatic heterocycles. The van der Waals surface area contributed by atoms with Crippen molar-refractivity contribution >= 4 is 38.3 Å². The highest BCUT2D eigenvalue weighted by Crippen LogP contribution is 2.29. The largest absolute Gasteiger partial charge is 0.358 e. The van der Waals surface area contributed by atoms with Crippen LogP contribution in [0, 0.1) is 6.92 Å². The molecule has 30 heavy (non-hydrogen) atoms. The monoisotopic (exact) mass is 428 g/mol. The number of sulfone groups is 1. The van der Waals surface area contributed by atoms with Crippen LogP contribution < -0.4 is 0 Å². The fourth-order valence-corrected chi connectivity index (χ4v) is 6.35. The number of amides is 2. The second-order valence-corrected chi connectivity index (χ2v) is 10.7. The number of carbonyl (C=O) groups excluding carboxylic acids is 2. The number of rotatable bonds is 2. The van der Waals surface area contributed by atoms with Crippen LogP contribution in [0.15, 0.2) is 23.3 Å². The number of hydrogen-bond donors (Lipinski definition) is 1. The number of aromatic amines is 1. The summed E-state index contributed by atoms with van der Waals surface area (Å²) < 4.78 is 23.6. The van der Waals surface area contributed by atoms with Crippen LogP contribution in [-0.4, -0.2) is 64.9 Å². The van der Waals surface area contributed by atoms with E-state index in [4.69, 9.17) is 0 Å². The molecule has 0 unspecified atom stereocenters. The summed E-state index contributed by atoms with van der Waals surface area (Å²) in [4.78, 5) is 30.8. The van der Waals surface area contributed by atoms with Crippen molar-refractivity contribution in [3.05, 3.63) is 35.0 Å². The molecule has 9 heteroatoms. The van der Waals surface area contributed by atoms with Crippen molar-refractivity contribution in [1.82, 2.24) is 14.9 Å². The molecule has 4 heterocycles. The lowest BCUT2D eigenvalue weighted by molar-refractivity contribution is -0.134. The van der Waals surface area contributed by atoms with Gasteiger partial charge in [0.15, 0.2) is 9.84 Å². The predicted molar refractivity (Wildman–Crippen MR) is 113 cm³/mol. The summed E-state index contributed by atoms with van der Waals surface area (Å²) in [5.41, 5.74) is 4.90. The Morgan fingerprint density at radius 2 is 2.07 bits per heavy atom. The third-order valence-electron chi connectivity index (χ3n) is 6.28. The van der Waals surface area contributed by atoms with E-state index in [0.29, 0.717) is 31.6 Å². The van der Waals surface area contributed by atoms with Crippen LogP contribution in [0.3, 0.4) is 0 Å². The Hall–Kier alpha value is -2.68. The number of H-pyrrole nitrogens is 1. The summed E-state index contributed by atoms with van der Waals surface area (Å²) in [5.74, 6) is -0.386. The van der Waals surface area contributed by atoms with Crippen LogP contribution in [0.1, 0.15) is 36.1 Å². The van der Waals surface area contributed by atoms with Gasteiger partial charge in [-0.2, -0.15) is 5.10 Å². The van der Waals surface area contributed by atoms with E-state index < -0.39 is 15.9 Å².